The maximum absolute atomic E-state index is 11.1. The van der Waals surface area contributed by atoms with Crippen LogP contribution in [0.5, 0.6) is 0 Å². The van der Waals surface area contributed by atoms with Crippen LogP contribution in [0.3, 0.4) is 0 Å². The molecule has 1 saturated heterocycles. The van der Waals surface area contributed by atoms with Gasteiger partial charge in [-0.15, -0.1) is 0 Å². The van der Waals surface area contributed by atoms with Gasteiger partial charge < -0.3 is 44.9 Å². The molecular weight excluding hydrogens is 336 g/mol. The average Bonchev–Trinajstić information content (AvgIpc) is 2.61. The van der Waals surface area contributed by atoms with E-state index in [9.17, 15) is 25.2 Å². The first kappa shape index (κ1) is 22.4. The van der Waals surface area contributed by atoms with Crippen molar-refractivity contribution in [2.24, 2.45) is 5.92 Å². The third-order valence-electron chi connectivity index (χ3n) is 4.39. The number of carbonyl (C=O) groups is 1. The lowest BCUT2D eigenvalue weighted by molar-refractivity contribution is -0.301. The van der Waals surface area contributed by atoms with Crippen molar-refractivity contribution in [2.45, 2.75) is 68.9 Å². The van der Waals surface area contributed by atoms with Gasteiger partial charge in [0.15, 0.2) is 6.29 Å². The number of rotatable bonds is 12. The molecule has 0 aromatic carbocycles. The molecule has 7 atom stereocenters. The molecule has 148 valence electrons. The maximum Gasteiger partial charge on any atom is 0.186 e. The van der Waals surface area contributed by atoms with Crippen molar-refractivity contribution >= 4 is 6.29 Å². The Morgan fingerprint density at radius 2 is 1.72 bits per heavy atom. The molecule has 0 amide bonds. The third kappa shape index (κ3) is 6.87. The summed E-state index contributed by atoms with van der Waals surface area (Å²) in [6.45, 7) is -0.375. The molecule has 1 aliphatic heterocycles. The lowest BCUT2D eigenvalue weighted by Gasteiger charge is -2.39. The summed E-state index contributed by atoms with van der Waals surface area (Å²) in [6.07, 6.45) is -4.28. The molecule has 1 fully saturated rings. The van der Waals surface area contributed by atoms with Gasteiger partial charge in [0, 0.05) is 19.1 Å². The Morgan fingerprint density at radius 3 is 2.32 bits per heavy atom. The van der Waals surface area contributed by atoms with E-state index in [-0.39, 0.29) is 13.2 Å². The molecule has 2 unspecified atom stereocenters. The molecule has 25 heavy (non-hydrogen) atoms. The van der Waals surface area contributed by atoms with Crippen LogP contribution in [0.25, 0.3) is 0 Å². The molecule has 0 radical (unpaired) electrons. The number of unbranched alkanes of at least 4 members (excludes halogenated alkanes) is 1. The van der Waals surface area contributed by atoms with Gasteiger partial charge in [-0.05, 0) is 32.1 Å². The summed E-state index contributed by atoms with van der Waals surface area (Å²) in [6, 6.07) is 0. The van der Waals surface area contributed by atoms with Gasteiger partial charge in [0.1, 0.15) is 30.7 Å². The molecule has 0 aromatic rings. The van der Waals surface area contributed by atoms with E-state index >= 15 is 0 Å². The molecule has 9 nitrogen and oxygen atoms in total. The fourth-order valence-corrected chi connectivity index (χ4v) is 2.75. The minimum atomic E-state index is -1.49. The summed E-state index contributed by atoms with van der Waals surface area (Å²) in [5, 5.41) is 56.9. The van der Waals surface area contributed by atoms with Crippen LogP contribution >= 0.6 is 0 Å². The second kappa shape index (κ2) is 11.9. The smallest absolute Gasteiger partial charge is 0.186 e. The van der Waals surface area contributed by atoms with E-state index in [1.807, 2.05) is 0 Å². The monoisotopic (exact) mass is 366 g/mol. The predicted molar refractivity (Wildman–Crippen MR) is 85.5 cm³/mol. The number of aliphatic hydroxyl groups excluding tert-OH is 6. The summed E-state index contributed by atoms with van der Waals surface area (Å²) < 4.78 is 10.5. The average molecular weight is 366 g/mol. The lowest BCUT2D eigenvalue weighted by Crippen LogP contribution is -2.59. The van der Waals surface area contributed by atoms with E-state index in [1.54, 1.807) is 0 Å². The van der Waals surface area contributed by atoms with E-state index in [4.69, 9.17) is 19.7 Å². The number of hydrogen-bond donors (Lipinski definition) is 6. The zero-order valence-electron chi connectivity index (χ0n) is 14.2. The van der Waals surface area contributed by atoms with Crippen LogP contribution in [0.1, 0.15) is 32.1 Å². The molecule has 6 N–H and O–H groups in total. The first-order chi connectivity index (χ1) is 12.0. The van der Waals surface area contributed by atoms with Gasteiger partial charge in [-0.2, -0.15) is 0 Å². The highest BCUT2D eigenvalue weighted by molar-refractivity contribution is 5.54. The van der Waals surface area contributed by atoms with Crippen LogP contribution in [0.4, 0.5) is 0 Å². The van der Waals surface area contributed by atoms with E-state index < -0.39 is 49.3 Å². The van der Waals surface area contributed by atoms with Crippen LogP contribution in [-0.4, -0.2) is 93.6 Å². The van der Waals surface area contributed by atoms with Gasteiger partial charge in [-0.1, -0.05) is 0 Å². The second-order valence-corrected chi connectivity index (χ2v) is 6.30. The molecule has 0 aliphatic carbocycles. The minimum absolute atomic E-state index is 0.0470. The Morgan fingerprint density at radius 1 is 1.00 bits per heavy atom. The van der Waals surface area contributed by atoms with Crippen molar-refractivity contribution in [3.63, 3.8) is 0 Å². The summed E-state index contributed by atoms with van der Waals surface area (Å²) in [4.78, 5) is 11.1. The quantitative estimate of drug-likeness (QED) is 0.168. The minimum Gasteiger partial charge on any atom is -0.396 e. The summed E-state index contributed by atoms with van der Waals surface area (Å²) >= 11 is 0. The molecule has 1 aliphatic rings. The lowest BCUT2D eigenvalue weighted by atomic mass is 9.94. The summed E-state index contributed by atoms with van der Waals surface area (Å²) in [5.74, 6) is -0.544. The highest BCUT2D eigenvalue weighted by atomic mass is 16.7. The Hall–Kier alpha value is -0.650. The van der Waals surface area contributed by atoms with E-state index in [0.29, 0.717) is 38.4 Å². The van der Waals surface area contributed by atoms with Crippen molar-refractivity contribution in [3.05, 3.63) is 0 Å². The van der Waals surface area contributed by atoms with E-state index in [0.717, 1.165) is 0 Å². The normalized spacial score (nSPS) is 32.3. The van der Waals surface area contributed by atoms with Gasteiger partial charge in [-0.3, -0.25) is 0 Å². The van der Waals surface area contributed by atoms with Crippen molar-refractivity contribution in [1.29, 1.82) is 0 Å². The Labute approximate surface area is 146 Å². The van der Waals surface area contributed by atoms with Crippen LogP contribution in [0.15, 0.2) is 0 Å². The highest BCUT2D eigenvalue weighted by Gasteiger charge is 2.43. The largest absolute Gasteiger partial charge is 0.396 e. The predicted octanol–water partition coefficient (Wildman–Crippen LogP) is -2.08. The van der Waals surface area contributed by atoms with Crippen molar-refractivity contribution in [2.75, 3.05) is 19.8 Å². The van der Waals surface area contributed by atoms with Crippen molar-refractivity contribution < 1.29 is 44.9 Å². The molecule has 0 bridgehead atoms. The number of aldehydes is 1. The number of hydrogen-bond acceptors (Lipinski definition) is 9. The Kier molecular flexibility index (Phi) is 10.6. The SMILES string of the molecule is O=CC(CCCO[C@@H]1O[C@H](CO)[C@@H](O)[C@H](O)[C@H]1O)C(O)CCCCO. The fourth-order valence-electron chi connectivity index (χ4n) is 2.75. The first-order valence-corrected chi connectivity index (χ1v) is 8.62. The van der Waals surface area contributed by atoms with E-state index in [2.05, 4.69) is 0 Å². The number of ether oxygens (including phenoxy) is 2. The Balaban J connectivity index is 2.34. The van der Waals surface area contributed by atoms with Gasteiger partial charge in [-0.25, -0.2) is 0 Å². The molecule has 0 saturated carbocycles. The zero-order valence-corrected chi connectivity index (χ0v) is 14.2. The molecule has 1 heterocycles. The van der Waals surface area contributed by atoms with Gasteiger partial charge in [0.2, 0.25) is 0 Å². The van der Waals surface area contributed by atoms with Gasteiger partial charge in [0.25, 0.3) is 0 Å². The van der Waals surface area contributed by atoms with Crippen LogP contribution in [0.2, 0.25) is 0 Å². The third-order valence-corrected chi connectivity index (χ3v) is 4.39. The van der Waals surface area contributed by atoms with Crippen molar-refractivity contribution in [1.82, 2.24) is 0 Å². The molecule has 9 heteroatoms. The summed E-state index contributed by atoms with van der Waals surface area (Å²) in [5.41, 5.74) is 0. The topological polar surface area (TPSA) is 157 Å². The van der Waals surface area contributed by atoms with Crippen LogP contribution in [-0.2, 0) is 14.3 Å². The maximum atomic E-state index is 11.1. The number of aliphatic hydroxyl groups is 6. The van der Waals surface area contributed by atoms with Gasteiger partial charge in [0.05, 0.1) is 12.7 Å². The standard InChI is InChI=1S/C16H30O9/c17-6-2-1-5-11(20)10(8-18)4-3-7-24-16-15(23)14(22)13(21)12(9-19)25-16/h8,10-17,19-23H,1-7,9H2/t10?,11?,12-,13-,14+,15-,16-/m1/s1. The second-order valence-electron chi connectivity index (χ2n) is 6.30. The molecule has 0 aromatic heterocycles. The van der Waals surface area contributed by atoms with E-state index in [1.165, 1.54) is 0 Å². The fraction of sp³-hybridized carbons (Fsp3) is 0.938. The molecule has 0 spiro atoms. The van der Waals surface area contributed by atoms with Crippen LogP contribution < -0.4 is 0 Å². The Bertz CT molecular complexity index is 366. The molecule has 1 rings (SSSR count). The van der Waals surface area contributed by atoms with Gasteiger partial charge >= 0.3 is 0 Å². The number of carbonyl (C=O) groups excluding carboxylic acids is 1. The van der Waals surface area contributed by atoms with Crippen molar-refractivity contribution in [3.8, 4) is 0 Å². The summed E-state index contributed by atoms with van der Waals surface area (Å²) in [7, 11) is 0. The first-order valence-electron chi connectivity index (χ1n) is 8.62. The molecular formula is C16H30O9. The zero-order chi connectivity index (χ0) is 18.8. The van der Waals surface area contributed by atoms with Crippen LogP contribution in [0, 0.1) is 5.92 Å². The highest BCUT2D eigenvalue weighted by Crippen LogP contribution is 2.22.